The molecule has 0 bridgehead atoms. The first kappa shape index (κ1) is 17.5. The van der Waals surface area contributed by atoms with Crippen molar-refractivity contribution in [2.75, 3.05) is 6.54 Å². The van der Waals surface area contributed by atoms with Crippen LogP contribution < -0.4 is 0 Å². The topological polar surface area (TPSA) is 39.3 Å². The van der Waals surface area contributed by atoms with Crippen LogP contribution in [0.2, 0.25) is 0 Å². The van der Waals surface area contributed by atoms with Crippen molar-refractivity contribution < 1.29 is 5.11 Å². The van der Waals surface area contributed by atoms with Gasteiger partial charge in [-0.1, -0.05) is 66.7 Å². The Kier molecular flexibility index (Phi) is 5.33. The van der Waals surface area contributed by atoms with Crippen LogP contribution >= 0.6 is 0 Å². The van der Waals surface area contributed by atoms with Crippen molar-refractivity contribution in [2.24, 2.45) is 0 Å². The Bertz CT molecular complexity index is 937. The van der Waals surface area contributed by atoms with Crippen molar-refractivity contribution in [3.8, 4) is 0 Å². The van der Waals surface area contributed by atoms with Crippen molar-refractivity contribution in [2.45, 2.75) is 19.2 Å². The molecule has 3 aromatic carbocycles. The van der Waals surface area contributed by atoms with Gasteiger partial charge in [-0.25, -0.2) is 0 Å². The Hall–Kier alpha value is -2.88. The van der Waals surface area contributed by atoms with Gasteiger partial charge in [0, 0.05) is 31.3 Å². The molecule has 0 fully saturated rings. The fourth-order valence-corrected chi connectivity index (χ4v) is 3.50. The summed E-state index contributed by atoms with van der Waals surface area (Å²) in [6.45, 7) is 2.19. The van der Waals surface area contributed by atoms with Gasteiger partial charge in [0.15, 0.2) is 0 Å². The van der Waals surface area contributed by atoms with E-state index in [4.69, 9.17) is 0 Å². The molecule has 0 saturated carbocycles. The number of benzene rings is 3. The van der Waals surface area contributed by atoms with E-state index in [0.29, 0.717) is 6.54 Å². The summed E-state index contributed by atoms with van der Waals surface area (Å²) >= 11 is 0. The molecule has 0 aliphatic heterocycles. The normalized spacial score (nSPS) is 12.5. The summed E-state index contributed by atoms with van der Waals surface area (Å²) in [5, 5.41) is 12.0. The fraction of sp³-hybridized carbons (Fsp3) is 0.167. The van der Waals surface area contributed by atoms with Gasteiger partial charge in [-0.15, -0.1) is 0 Å². The first-order valence-electron chi connectivity index (χ1n) is 9.33. The highest BCUT2D eigenvalue weighted by Crippen LogP contribution is 2.22. The molecule has 1 unspecified atom stereocenters. The Labute approximate surface area is 159 Å². The zero-order chi connectivity index (χ0) is 18.5. The van der Waals surface area contributed by atoms with E-state index < -0.39 is 6.10 Å². The monoisotopic (exact) mass is 356 g/mol. The molecule has 136 valence electrons. The van der Waals surface area contributed by atoms with Gasteiger partial charge in [0.25, 0.3) is 0 Å². The number of aromatic nitrogens is 1. The van der Waals surface area contributed by atoms with Crippen LogP contribution in [0.4, 0.5) is 0 Å². The van der Waals surface area contributed by atoms with Gasteiger partial charge in [0.1, 0.15) is 0 Å². The van der Waals surface area contributed by atoms with Crippen LogP contribution in [0.25, 0.3) is 10.9 Å². The number of hydrogen-bond acceptors (Lipinski definition) is 2. The van der Waals surface area contributed by atoms with E-state index in [1.807, 2.05) is 36.5 Å². The zero-order valence-electron chi connectivity index (χ0n) is 15.3. The van der Waals surface area contributed by atoms with Crippen LogP contribution in [-0.4, -0.2) is 21.5 Å². The van der Waals surface area contributed by atoms with E-state index in [-0.39, 0.29) is 0 Å². The number of rotatable bonds is 7. The van der Waals surface area contributed by atoms with Crippen LogP contribution in [-0.2, 0) is 13.1 Å². The summed E-state index contributed by atoms with van der Waals surface area (Å²) < 4.78 is 0. The van der Waals surface area contributed by atoms with E-state index in [1.165, 1.54) is 11.1 Å². The number of fused-ring (bicyclic) bond motifs is 1. The molecule has 0 spiro atoms. The third-order valence-corrected chi connectivity index (χ3v) is 4.89. The van der Waals surface area contributed by atoms with Crippen molar-refractivity contribution >= 4 is 10.9 Å². The van der Waals surface area contributed by atoms with Gasteiger partial charge in [0.2, 0.25) is 0 Å². The highest BCUT2D eigenvalue weighted by atomic mass is 16.3. The highest BCUT2D eigenvalue weighted by molar-refractivity contribution is 5.80. The third-order valence-electron chi connectivity index (χ3n) is 4.89. The van der Waals surface area contributed by atoms with E-state index >= 15 is 0 Å². The molecular weight excluding hydrogens is 332 g/mol. The maximum Gasteiger partial charge on any atom is 0.0917 e. The maximum atomic E-state index is 10.9. The van der Waals surface area contributed by atoms with Crippen LogP contribution in [0.3, 0.4) is 0 Å². The standard InChI is InChI=1S/C24H24N2O/c27-24(22-11-12-23-21(15-22)13-14-25-23)18-26(16-19-7-3-1-4-8-19)17-20-9-5-2-6-10-20/h1-15,24-25,27H,16-18H2. The molecule has 1 aromatic heterocycles. The smallest absolute Gasteiger partial charge is 0.0917 e. The van der Waals surface area contributed by atoms with Crippen molar-refractivity contribution in [1.29, 1.82) is 0 Å². The van der Waals surface area contributed by atoms with Crippen molar-refractivity contribution in [3.05, 3.63) is 108 Å². The lowest BCUT2D eigenvalue weighted by Crippen LogP contribution is -2.28. The van der Waals surface area contributed by atoms with E-state index in [1.54, 1.807) is 0 Å². The molecular formula is C24H24N2O. The SMILES string of the molecule is OC(CN(Cc1ccccc1)Cc1ccccc1)c1ccc2[nH]ccc2c1. The predicted octanol–water partition coefficient (Wildman–Crippen LogP) is 4.90. The summed E-state index contributed by atoms with van der Waals surface area (Å²) in [5.74, 6) is 0. The zero-order valence-corrected chi connectivity index (χ0v) is 15.3. The molecule has 0 aliphatic rings. The number of aromatic amines is 1. The largest absolute Gasteiger partial charge is 0.387 e. The molecule has 0 saturated heterocycles. The summed E-state index contributed by atoms with van der Waals surface area (Å²) in [7, 11) is 0. The first-order valence-corrected chi connectivity index (χ1v) is 9.33. The van der Waals surface area contributed by atoms with E-state index in [2.05, 4.69) is 64.5 Å². The quantitative estimate of drug-likeness (QED) is 0.494. The lowest BCUT2D eigenvalue weighted by molar-refractivity contribution is 0.105. The fourth-order valence-electron chi connectivity index (χ4n) is 3.50. The van der Waals surface area contributed by atoms with Gasteiger partial charge >= 0.3 is 0 Å². The molecule has 27 heavy (non-hydrogen) atoms. The number of aliphatic hydroxyl groups excluding tert-OH is 1. The molecule has 0 amide bonds. The second-order valence-corrected chi connectivity index (χ2v) is 6.98. The average molecular weight is 356 g/mol. The molecule has 3 heteroatoms. The van der Waals surface area contributed by atoms with Gasteiger partial charge in [-0.3, -0.25) is 4.90 Å². The molecule has 0 radical (unpaired) electrons. The summed E-state index contributed by atoms with van der Waals surface area (Å²) in [6, 6.07) is 29.0. The molecule has 1 heterocycles. The minimum absolute atomic E-state index is 0.531. The number of aliphatic hydroxyl groups is 1. The Morgan fingerprint density at radius 3 is 2.04 bits per heavy atom. The second kappa shape index (κ2) is 8.21. The Morgan fingerprint density at radius 2 is 1.41 bits per heavy atom. The minimum Gasteiger partial charge on any atom is -0.387 e. The number of H-pyrrole nitrogens is 1. The molecule has 0 aliphatic carbocycles. The van der Waals surface area contributed by atoms with E-state index in [9.17, 15) is 5.11 Å². The van der Waals surface area contributed by atoms with Gasteiger partial charge in [-0.2, -0.15) is 0 Å². The number of nitrogens with zero attached hydrogens (tertiary/aromatic N) is 1. The number of nitrogens with one attached hydrogen (secondary N) is 1. The lowest BCUT2D eigenvalue weighted by Gasteiger charge is -2.25. The summed E-state index contributed by atoms with van der Waals surface area (Å²) in [6.07, 6.45) is 1.40. The van der Waals surface area contributed by atoms with Crippen molar-refractivity contribution in [1.82, 2.24) is 9.88 Å². The Morgan fingerprint density at radius 1 is 0.778 bits per heavy atom. The Balaban J connectivity index is 1.53. The maximum absolute atomic E-state index is 10.9. The van der Waals surface area contributed by atoms with E-state index in [0.717, 1.165) is 29.6 Å². The van der Waals surface area contributed by atoms with Crippen LogP contribution in [0.1, 0.15) is 22.8 Å². The number of hydrogen-bond donors (Lipinski definition) is 2. The second-order valence-electron chi connectivity index (χ2n) is 6.98. The average Bonchev–Trinajstić information content (AvgIpc) is 3.17. The van der Waals surface area contributed by atoms with Gasteiger partial charge in [0.05, 0.1) is 6.10 Å². The molecule has 4 rings (SSSR count). The van der Waals surface area contributed by atoms with Gasteiger partial charge < -0.3 is 10.1 Å². The van der Waals surface area contributed by atoms with Crippen LogP contribution in [0.15, 0.2) is 91.1 Å². The predicted molar refractivity (Wildman–Crippen MR) is 110 cm³/mol. The third kappa shape index (κ3) is 4.45. The summed E-state index contributed by atoms with van der Waals surface area (Å²) in [5.41, 5.74) is 4.55. The molecule has 4 aromatic rings. The molecule has 2 N–H and O–H groups in total. The lowest BCUT2D eigenvalue weighted by atomic mass is 10.1. The molecule has 3 nitrogen and oxygen atoms in total. The minimum atomic E-state index is -0.531. The van der Waals surface area contributed by atoms with Crippen molar-refractivity contribution in [3.63, 3.8) is 0 Å². The molecule has 1 atom stereocenters. The van der Waals surface area contributed by atoms with Crippen LogP contribution in [0.5, 0.6) is 0 Å². The van der Waals surface area contributed by atoms with Gasteiger partial charge in [-0.05, 0) is 40.3 Å². The van der Waals surface area contributed by atoms with Crippen LogP contribution in [0, 0.1) is 0 Å². The first-order chi connectivity index (χ1) is 13.3. The summed E-state index contributed by atoms with van der Waals surface area (Å²) in [4.78, 5) is 5.50. The highest BCUT2D eigenvalue weighted by Gasteiger charge is 2.15.